The summed E-state index contributed by atoms with van der Waals surface area (Å²) in [4.78, 5) is 3.91. The minimum absolute atomic E-state index is 0.528. The molecule has 2 aromatic rings. The summed E-state index contributed by atoms with van der Waals surface area (Å²) in [5, 5.41) is 7.27. The van der Waals surface area contributed by atoms with E-state index in [0.29, 0.717) is 5.82 Å². The van der Waals surface area contributed by atoms with E-state index in [9.17, 15) is 0 Å². The van der Waals surface area contributed by atoms with Gasteiger partial charge in [0.1, 0.15) is 5.82 Å². The average Bonchev–Trinajstić information content (AvgIpc) is 2.57. The molecule has 66 valence electrons. The maximum atomic E-state index is 5.54. The zero-order valence-corrected chi connectivity index (χ0v) is 7.71. The van der Waals surface area contributed by atoms with Gasteiger partial charge in [0, 0.05) is 29.0 Å². The number of hydrogen-bond donors (Lipinski definition) is 2. The fourth-order valence-electron chi connectivity index (χ4n) is 1.03. The Hall–Kier alpha value is -1.55. The van der Waals surface area contributed by atoms with Gasteiger partial charge in [-0.15, -0.1) is 0 Å². The Balaban J connectivity index is 2.19. The Bertz CT molecular complexity index is 384. The van der Waals surface area contributed by atoms with Gasteiger partial charge >= 0.3 is 0 Å². The van der Waals surface area contributed by atoms with E-state index < -0.39 is 0 Å². The molecule has 0 spiro atoms. The number of nitrogens with zero attached hydrogens (tertiary/aromatic N) is 1. The number of nitrogens with two attached hydrogens (primary N) is 1. The largest absolute Gasteiger partial charge is 0.384 e. The maximum Gasteiger partial charge on any atom is 0.125 e. The van der Waals surface area contributed by atoms with Crippen molar-refractivity contribution in [2.75, 3.05) is 11.1 Å². The number of thiophene rings is 1. The van der Waals surface area contributed by atoms with Crippen LogP contribution in [0.4, 0.5) is 17.2 Å². The molecule has 0 saturated heterocycles. The molecule has 0 unspecified atom stereocenters. The highest BCUT2D eigenvalue weighted by molar-refractivity contribution is 7.08. The predicted octanol–water partition coefficient (Wildman–Crippen LogP) is 2.47. The van der Waals surface area contributed by atoms with E-state index in [1.165, 1.54) is 0 Å². The summed E-state index contributed by atoms with van der Waals surface area (Å²) >= 11 is 1.65. The van der Waals surface area contributed by atoms with Crippen molar-refractivity contribution < 1.29 is 0 Å². The van der Waals surface area contributed by atoms with Crippen LogP contribution in [0, 0.1) is 0 Å². The van der Waals surface area contributed by atoms with E-state index in [2.05, 4.69) is 10.3 Å². The Morgan fingerprint density at radius 3 is 2.92 bits per heavy atom. The van der Waals surface area contributed by atoms with Gasteiger partial charge in [0.05, 0.1) is 0 Å². The third-order valence-corrected chi connectivity index (χ3v) is 2.27. The van der Waals surface area contributed by atoms with Gasteiger partial charge < -0.3 is 11.1 Å². The van der Waals surface area contributed by atoms with E-state index in [-0.39, 0.29) is 0 Å². The number of anilines is 3. The van der Waals surface area contributed by atoms with E-state index in [1.807, 2.05) is 22.9 Å². The maximum absolute atomic E-state index is 5.54. The monoisotopic (exact) mass is 191 g/mol. The van der Waals surface area contributed by atoms with Gasteiger partial charge in [-0.25, -0.2) is 4.98 Å². The Morgan fingerprint density at radius 1 is 1.31 bits per heavy atom. The van der Waals surface area contributed by atoms with Crippen molar-refractivity contribution in [1.29, 1.82) is 0 Å². The molecule has 2 rings (SSSR count). The molecule has 0 saturated carbocycles. The van der Waals surface area contributed by atoms with Gasteiger partial charge in [-0.05, 0) is 17.5 Å². The van der Waals surface area contributed by atoms with E-state index in [0.717, 1.165) is 11.4 Å². The van der Waals surface area contributed by atoms with Crippen LogP contribution in [0.1, 0.15) is 0 Å². The molecule has 13 heavy (non-hydrogen) atoms. The first-order chi connectivity index (χ1) is 6.34. The van der Waals surface area contributed by atoms with Crippen molar-refractivity contribution >= 4 is 28.5 Å². The van der Waals surface area contributed by atoms with Crippen molar-refractivity contribution in [2.45, 2.75) is 0 Å². The SMILES string of the molecule is Nc1cc(Nc2ccsc2)ccn1. The molecule has 3 N–H and O–H groups in total. The smallest absolute Gasteiger partial charge is 0.125 e. The minimum Gasteiger partial charge on any atom is -0.384 e. The molecular weight excluding hydrogens is 182 g/mol. The summed E-state index contributed by atoms with van der Waals surface area (Å²) in [5.74, 6) is 0.528. The van der Waals surface area contributed by atoms with Crippen molar-refractivity contribution in [3.63, 3.8) is 0 Å². The summed E-state index contributed by atoms with van der Waals surface area (Å²) in [7, 11) is 0. The summed E-state index contributed by atoms with van der Waals surface area (Å²) in [6.07, 6.45) is 1.68. The molecule has 2 heterocycles. The number of rotatable bonds is 2. The number of nitrogens with one attached hydrogen (secondary N) is 1. The van der Waals surface area contributed by atoms with Gasteiger partial charge in [0.2, 0.25) is 0 Å². The molecular formula is C9H9N3S. The predicted molar refractivity (Wildman–Crippen MR) is 56.3 cm³/mol. The topological polar surface area (TPSA) is 50.9 Å². The second-order valence-electron chi connectivity index (χ2n) is 2.61. The lowest BCUT2D eigenvalue weighted by molar-refractivity contribution is 1.33. The summed E-state index contributed by atoms with van der Waals surface area (Å²) in [6.45, 7) is 0. The van der Waals surface area contributed by atoms with Crippen LogP contribution in [0.5, 0.6) is 0 Å². The van der Waals surface area contributed by atoms with Crippen LogP contribution in [0.25, 0.3) is 0 Å². The minimum atomic E-state index is 0.528. The van der Waals surface area contributed by atoms with Crippen molar-refractivity contribution in [2.24, 2.45) is 0 Å². The second-order valence-corrected chi connectivity index (χ2v) is 3.39. The lowest BCUT2D eigenvalue weighted by Gasteiger charge is -2.03. The third-order valence-electron chi connectivity index (χ3n) is 1.59. The first-order valence-electron chi connectivity index (χ1n) is 3.85. The Morgan fingerprint density at radius 2 is 2.23 bits per heavy atom. The number of hydrogen-bond acceptors (Lipinski definition) is 4. The van der Waals surface area contributed by atoms with Gasteiger partial charge in [-0.1, -0.05) is 0 Å². The third kappa shape index (κ3) is 1.97. The van der Waals surface area contributed by atoms with Crippen molar-refractivity contribution in [1.82, 2.24) is 4.98 Å². The zero-order chi connectivity index (χ0) is 9.10. The van der Waals surface area contributed by atoms with Crippen LogP contribution in [0.15, 0.2) is 35.2 Å². The quantitative estimate of drug-likeness (QED) is 0.766. The molecule has 0 aliphatic rings. The normalized spacial score (nSPS) is 9.85. The summed E-state index contributed by atoms with van der Waals surface area (Å²) in [5.41, 5.74) is 7.58. The van der Waals surface area contributed by atoms with Crippen LogP contribution in [0.2, 0.25) is 0 Å². The van der Waals surface area contributed by atoms with E-state index in [1.54, 1.807) is 23.6 Å². The highest BCUT2D eigenvalue weighted by Gasteiger charge is 1.94. The fourth-order valence-corrected chi connectivity index (χ4v) is 1.62. The fraction of sp³-hybridized carbons (Fsp3) is 0. The Labute approximate surface area is 80.2 Å². The van der Waals surface area contributed by atoms with E-state index in [4.69, 9.17) is 5.73 Å². The van der Waals surface area contributed by atoms with Gasteiger partial charge in [0.25, 0.3) is 0 Å². The number of nitrogen functional groups attached to an aromatic ring is 1. The van der Waals surface area contributed by atoms with Gasteiger partial charge in [-0.2, -0.15) is 11.3 Å². The van der Waals surface area contributed by atoms with Crippen LogP contribution < -0.4 is 11.1 Å². The Kier molecular flexibility index (Phi) is 2.14. The molecule has 4 heteroatoms. The number of aromatic nitrogens is 1. The second kappa shape index (κ2) is 3.45. The average molecular weight is 191 g/mol. The highest BCUT2D eigenvalue weighted by atomic mass is 32.1. The molecule has 0 fully saturated rings. The van der Waals surface area contributed by atoms with Crippen LogP contribution in [-0.2, 0) is 0 Å². The lowest BCUT2D eigenvalue weighted by Crippen LogP contribution is -1.92. The van der Waals surface area contributed by atoms with Gasteiger partial charge in [-0.3, -0.25) is 0 Å². The highest BCUT2D eigenvalue weighted by Crippen LogP contribution is 2.19. The van der Waals surface area contributed by atoms with Crippen LogP contribution >= 0.6 is 11.3 Å². The molecule has 0 amide bonds. The van der Waals surface area contributed by atoms with E-state index >= 15 is 0 Å². The first kappa shape index (κ1) is 8.07. The van der Waals surface area contributed by atoms with Gasteiger partial charge in [0.15, 0.2) is 0 Å². The molecule has 0 aliphatic heterocycles. The standard InChI is InChI=1S/C9H9N3S/c10-9-5-7(1-3-11-9)12-8-2-4-13-6-8/h1-6H,(H3,10,11,12). The number of pyridine rings is 1. The first-order valence-corrected chi connectivity index (χ1v) is 4.79. The molecule has 0 bridgehead atoms. The van der Waals surface area contributed by atoms with Crippen molar-refractivity contribution in [3.8, 4) is 0 Å². The molecule has 3 nitrogen and oxygen atoms in total. The molecule has 0 aliphatic carbocycles. The van der Waals surface area contributed by atoms with Crippen LogP contribution in [0.3, 0.4) is 0 Å². The van der Waals surface area contributed by atoms with Crippen molar-refractivity contribution in [3.05, 3.63) is 35.2 Å². The lowest BCUT2D eigenvalue weighted by atomic mass is 10.3. The summed E-state index contributed by atoms with van der Waals surface area (Å²) in [6, 6.07) is 5.70. The summed E-state index contributed by atoms with van der Waals surface area (Å²) < 4.78 is 0. The molecule has 0 radical (unpaired) electrons. The molecule has 0 atom stereocenters. The molecule has 0 aromatic carbocycles. The van der Waals surface area contributed by atoms with Crippen LogP contribution in [-0.4, -0.2) is 4.98 Å². The zero-order valence-electron chi connectivity index (χ0n) is 6.90. The molecule has 2 aromatic heterocycles.